The number of aliphatic hydroxyl groups is 1. The van der Waals surface area contributed by atoms with Gasteiger partial charge < -0.3 is 5.11 Å². The highest BCUT2D eigenvalue weighted by molar-refractivity contribution is 7.16. The number of fused-ring (bicyclic) bond motifs is 1. The van der Waals surface area contributed by atoms with Gasteiger partial charge in [0.1, 0.15) is 0 Å². The molecule has 1 unspecified atom stereocenters. The molecular formula is C14H14ClNOS. The number of thiophene rings is 1. The van der Waals surface area contributed by atoms with Crippen molar-refractivity contribution in [2.45, 2.75) is 19.2 Å². The van der Waals surface area contributed by atoms with Crippen molar-refractivity contribution in [1.82, 2.24) is 4.90 Å². The van der Waals surface area contributed by atoms with E-state index in [1.165, 1.54) is 10.4 Å². The Morgan fingerprint density at radius 3 is 2.89 bits per heavy atom. The average Bonchev–Trinajstić information content (AvgIpc) is 2.75. The molecule has 1 atom stereocenters. The minimum Gasteiger partial charge on any atom is -0.387 e. The second-order valence-electron chi connectivity index (χ2n) is 4.59. The largest absolute Gasteiger partial charge is 0.387 e. The fourth-order valence-corrected chi connectivity index (χ4v) is 3.56. The van der Waals surface area contributed by atoms with Crippen LogP contribution >= 0.6 is 22.9 Å². The molecule has 3 rings (SSSR count). The Labute approximate surface area is 115 Å². The first-order valence-corrected chi connectivity index (χ1v) is 7.14. The zero-order valence-corrected chi connectivity index (χ0v) is 11.4. The van der Waals surface area contributed by atoms with Crippen LogP contribution in [0, 0.1) is 0 Å². The Hall–Kier alpha value is -0.870. The first kappa shape index (κ1) is 12.2. The Kier molecular flexibility index (Phi) is 3.39. The second-order valence-corrected chi connectivity index (χ2v) is 6.39. The number of β-amino-alcohol motifs (C(OH)–C–C–N with tert-alkyl or cyclic N) is 1. The van der Waals surface area contributed by atoms with Crippen LogP contribution in [0.2, 0.25) is 4.34 Å². The Morgan fingerprint density at radius 1 is 1.28 bits per heavy atom. The van der Waals surface area contributed by atoms with E-state index in [2.05, 4.69) is 17.0 Å². The molecule has 1 aromatic carbocycles. The molecule has 1 aliphatic heterocycles. The molecule has 2 nitrogen and oxygen atoms in total. The van der Waals surface area contributed by atoms with E-state index in [0.29, 0.717) is 6.54 Å². The van der Waals surface area contributed by atoms with Crippen LogP contribution in [0.1, 0.15) is 22.1 Å². The molecule has 18 heavy (non-hydrogen) atoms. The normalized spacial score (nSPS) is 19.8. The third kappa shape index (κ3) is 2.45. The van der Waals surface area contributed by atoms with Crippen molar-refractivity contribution < 1.29 is 5.11 Å². The van der Waals surface area contributed by atoms with Crippen molar-refractivity contribution in [3.05, 3.63) is 56.7 Å². The molecule has 0 amide bonds. The molecule has 2 aromatic rings. The van der Waals surface area contributed by atoms with Gasteiger partial charge >= 0.3 is 0 Å². The summed E-state index contributed by atoms with van der Waals surface area (Å²) in [7, 11) is 0. The quantitative estimate of drug-likeness (QED) is 0.910. The van der Waals surface area contributed by atoms with E-state index in [-0.39, 0.29) is 6.10 Å². The number of halogens is 1. The van der Waals surface area contributed by atoms with Gasteiger partial charge in [-0.15, -0.1) is 11.3 Å². The van der Waals surface area contributed by atoms with Crippen LogP contribution in [0.25, 0.3) is 0 Å². The van der Waals surface area contributed by atoms with E-state index in [9.17, 15) is 5.11 Å². The summed E-state index contributed by atoms with van der Waals surface area (Å²) in [6.07, 6.45) is -0.384. The van der Waals surface area contributed by atoms with Gasteiger partial charge in [0.2, 0.25) is 0 Å². The lowest BCUT2D eigenvalue weighted by atomic mass is 9.97. The third-order valence-corrected chi connectivity index (χ3v) is 4.46. The SMILES string of the molecule is OC1CN(Cc2ccc(Cl)s2)Cc2ccccc21. The van der Waals surface area contributed by atoms with Crippen molar-refractivity contribution in [2.24, 2.45) is 0 Å². The van der Waals surface area contributed by atoms with Gasteiger partial charge in [-0.2, -0.15) is 0 Å². The molecule has 0 fully saturated rings. The zero-order valence-electron chi connectivity index (χ0n) is 9.84. The van der Waals surface area contributed by atoms with Gasteiger partial charge in [0.05, 0.1) is 10.4 Å². The van der Waals surface area contributed by atoms with Gasteiger partial charge in [-0.25, -0.2) is 0 Å². The summed E-state index contributed by atoms with van der Waals surface area (Å²) in [5.41, 5.74) is 2.29. The molecule has 0 saturated carbocycles. The molecule has 1 N–H and O–H groups in total. The summed E-state index contributed by atoms with van der Waals surface area (Å²) in [6.45, 7) is 2.43. The Morgan fingerprint density at radius 2 is 2.11 bits per heavy atom. The van der Waals surface area contributed by atoms with Gasteiger partial charge in [0, 0.05) is 24.5 Å². The molecule has 94 valence electrons. The number of hydrogen-bond donors (Lipinski definition) is 1. The highest BCUT2D eigenvalue weighted by Crippen LogP contribution is 2.29. The van der Waals surface area contributed by atoms with Crippen molar-refractivity contribution in [3.63, 3.8) is 0 Å². The lowest BCUT2D eigenvalue weighted by molar-refractivity contribution is 0.0888. The molecule has 0 aliphatic carbocycles. The summed E-state index contributed by atoms with van der Waals surface area (Å²) in [4.78, 5) is 3.50. The molecule has 1 aliphatic rings. The fraction of sp³-hybridized carbons (Fsp3) is 0.286. The van der Waals surface area contributed by atoms with Crippen LogP contribution in [0.15, 0.2) is 36.4 Å². The maximum Gasteiger partial charge on any atom is 0.0931 e. The van der Waals surface area contributed by atoms with Crippen LogP contribution in [-0.2, 0) is 13.1 Å². The average molecular weight is 280 g/mol. The van der Waals surface area contributed by atoms with Gasteiger partial charge in [-0.05, 0) is 23.3 Å². The van der Waals surface area contributed by atoms with Crippen LogP contribution in [-0.4, -0.2) is 16.6 Å². The van der Waals surface area contributed by atoms with Gasteiger partial charge in [-0.1, -0.05) is 35.9 Å². The standard InChI is InChI=1S/C14H14ClNOS/c15-14-6-5-11(18-14)8-16-7-10-3-1-2-4-12(10)13(17)9-16/h1-6,13,17H,7-9H2. The predicted molar refractivity (Wildman–Crippen MR) is 74.8 cm³/mol. The minimum absolute atomic E-state index is 0.384. The van der Waals surface area contributed by atoms with Gasteiger partial charge in [-0.3, -0.25) is 4.90 Å². The Bertz CT molecular complexity index is 554. The van der Waals surface area contributed by atoms with Crippen molar-refractivity contribution in [2.75, 3.05) is 6.54 Å². The maximum absolute atomic E-state index is 10.2. The molecule has 4 heteroatoms. The van der Waals surface area contributed by atoms with E-state index in [0.717, 1.165) is 23.0 Å². The molecular weight excluding hydrogens is 266 g/mol. The lowest BCUT2D eigenvalue weighted by Gasteiger charge is -2.31. The van der Waals surface area contributed by atoms with Crippen LogP contribution < -0.4 is 0 Å². The van der Waals surface area contributed by atoms with E-state index in [4.69, 9.17) is 11.6 Å². The zero-order chi connectivity index (χ0) is 12.5. The number of hydrogen-bond acceptors (Lipinski definition) is 3. The van der Waals surface area contributed by atoms with Gasteiger partial charge in [0.25, 0.3) is 0 Å². The summed E-state index contributed by atoms with van der Waals surface area (Å²) < 4.78 is 0.822. The molecule has 0 bridgehead atoms. The number of nitrogens with zero attached hydrogens (tertiary/aromatic N) is 1. The van der Waals surface area contributed by atoms with Gasteiger partial charge in [0.15, 0.2) is 0 Å². The van der Waals surface area contributed by atoms with Crippen molar-refractivity contribution >= 4 is 22.9 Å². The summed E-state index contributed by atoms with van der Waals surface area (Å²) in [5.74, 6) is 0. The number of aliphatic hydroxyl groups excluding tert-OH is 1. The first-order chi connectivity index (χ1) is 8.72. The summed E-state index contributed by atoms with van der Waals surface area (Å²) in [6, 6.07) is 12.1. The van der Waals surface area contributed by atoms with Crippen LogP contribution in [0.4, 0.5) is 0 Å². The topological polar surface area (TPSA) is 23.5 Å². The predicted octanol–water partition coefficient (Wildman–Crippen LogP) is 3.45. The van der Waals surface area contributed by atoms with E-state index in [1.54, 1.807) is 11.3 Å². The smallest absolute Gasteiger partial charge is 0.0931 e. The Balaban J connectivity index is 1.77. The monoisotopic (exact) mass is 279 g/mol. The van der Waals surface area contributed by atoms with E-state index in [1.807, 2.05) is 24.3 Å². The molecule has 2 heterocycles. The molecule has 0 spiro atoms. The minimum atomic E-state index is -0.384. The van der Waals surface area contributed by atoms with Crippen molar-refractivity contribution in [1.29, 1.82) is 0 Å². The highest BCUT2D eigenvalue weighted by Gasteiger charge is 2.23. The lowest BCUT2D eigenvalue weighted by Crippen LogP contribution is -2.32. The molecule has 0 saturated heterocycles. The number of rotatable bonds is 2. The third-order valence-electron chi connectivity index (χ3n) is 3.25. The van der Waals surface area contributed by atoms with Crippen LogP contribution in [0.3, 0.4) is 0 Å². The highest BCUT2D eigenvalue weighted by atomic mass is 35.5. The van der Waals surface area contributed by atoms with Crippen LogP contribution in [0.5, 0.6) is 0 Å². The van der Waals surface area contributed by atoms with E-state index >= 15 is 0 Å². The molecule has 1 aromatic heterocycles. The maximum atomic E-state index is 10.2. The number of benzene rings is 1. The molecule has 0 radical (unpaired) electrons. The van der Waals surface area contributed by atoms with Crippen molar-refractivity contribution in [3.8, 4) is 0 Å². The summed E-state index contributed by atoms with van der Waals surface area (Å²) >= 11 is 7.54. The second kappa shape index (κ2) is 5.02. The summed E-state index contributed by atoms with van der Waals surface area (Å²) in [5, 5.41) is 10.2. The van der Waals surface area contributed by atoms with E-state index < -0.39 is 0 Å². The fourth-order valence-electron chi connectivity index (χ4n) is 2.43. The first-order valence-electron chi connectivity index (χ1n) is 5.95.